The zero-order valence-electron chi connectivity index (χ0n) is 18.7. The van der Waals surface area contributed by atoms with Gasteiger partial charge in [0.1, 0.15) is 12.5 Å². The molecular weight excluding hydrogens is 408 g/mol. The van der Waals surface area contributed by atoms with Gasteiger partial charge in [-0.1, -0.05) is 24.3 Å². The van der Waals surface area contributed by atoms with Crippen LogP contribution in [-0.4, -0.2) is 54.3 Å². The van der Waals surface area contributed by atoms with Crippen LogP contribution in [0.25, 0.3) is 28.2 Å². The van der Waals surface area contributed by atoms with Gasteiger partial charge in [0, 0.05) is 73.0 Å². The quantitative estimate of drug-likeness (QED) is 0.505. The van der Waals surface area contributed by atoms with E-state index in [4.69, 9.17) is 9.98 Å². The van der Waals surface area contributed by atoms with Crippen LogP contribution in [0.2, 0.25) is 0 Å². The average Bonchev–Trinajstić information content (AvgIpc) is 3.31. The number of hydrogen-bond acceptors (Lipinski definition) is 5. The highest BCUT2D eigenvalue weighted by atomic mass is 15.2. The Labute approximate surface area is 193 Å². The number of hydrogen-bond donors (Lipinski definition) is 2. The summed E-state index contributed by atoms with van der Waals surface area (Å²) in [5.74, 6) is 1.06. The summed E-state index contributed by atoms with van der Waals surface area (Å²) in [6.45, 7) is 5.70. The van der Waals surface area contributed by atoms with Gasteiger partial charge in [0.05, 0.1) is 5.36 Å². The summed E-state index contributed by atoms with van der Waals surface area (Å²) in [7, 11) is 0. The number of nitrogens with zero attached hydrogens (tertiary/aromatic N) is 4. The van der Waals surface area contributed by atoms with Crippen LogP contribution in [0.15, 0.2) is 72.0 Å². The fourth-order valence-electron chi connectivity index (χ4n) is 4.76. The number of benzene rings is 2. The standard InChI is InChI=1S/C27H28N6/c1-2-4-26-24(3-1)22(17-29-26)9-12-32-18-23-15-20(5-7-25(23)31-19-32)21-6-8-27(30-16-21)33-13-10-28-11-14-33/h1-8,15-18,28-29H,9-14,19H2. The molecule has 0 unspecified atom stereocenters. The SMILES string of the molecule is C1=c2cc(-c3ccc(N4CCNCC4)nc3)ccc2=NCN1CCc1c[nH]c2ccccc12. The van der Waals surface area contributed by atoms with E-state index in [-0.39, 0.29) is 0 Å². The van der Waals surface area contributed by atoms with Crippen molar-refractivity contribution in [2.24, 2.45) is 4.99 Å². The lowest BCUT2D eigenvalue weighted by Crippen LogP contribution is -2.43. The Hall–Kier alpha value is -3.64. The van der Waals surface area contributed by atoms with Crippen molar-refractivity contribution in [3.8, 4) is 11.1 Å². The molecule has 4 aromatic rings. The molecule has 0 radical (unpaired) electrons. The number of nitrogens with one attached hydrogen (secondary N) is 2. The molecule has 0 bridgehead atoms. The van der Waals surface area contributed by atoms with Crippen LogP contribution in [0.5, 0.6) is 0 Å². The molecule has 0 aliphatic carbocycles. The molecular formula is C27H28N6. The molecule has 33 heavy (non-hydrogen) atoms. The number of fused-ring (bicyclic) bond motifs is 2. The highest BCUT2D eigenvalue weighted by molar-refractivity contribution is 5.83. The highest BCUT2D eigenvalue weighted by Gasteiger charge is 2.12. The number of aromatic nitrogens is 2. The van der Waals surface area contributed by atoms with E-state index in [2.05, 4.69) is 87.1 Å². The first-order chi connectivity index (χ1) is 16.3. The Morgan fingerprint density at radius 1 is 0.939 bits per heavy atom. The Kier molecular flexibility index (Phi) is 5.28. The highest BCUT2D eigenvalue weighted by Crippen LogP contribution is 2.20. The number of para-hydroxylation sites is 1. The van der Waals surface area contributed by atoms with Crippen LogP contribution in [0.3, 0.4) is 0 Å². The van der Waals surface area contributed by atoms with E-state index in [0.717, 1.165) is 55.9 Å². The summed E-state index contributed by atoms with van der Waals surface area (Å²) in [6, 6.07) is 19.3. The van der Waals surface area contributed by atoms with Gasteiger partial charge in [-0.2, -0.15) is 0 Å². The van der Waals surface area contributed by atoms with Gasteiger partial charge in [0.25, 0.3) is 0 Å². The minimum atomic E-state index is 0.704. The molecule has 166 valence electrons. The molecule has 6 rings (SSSR count). The van der Waals surface area contributed by atoms with Crippen LogP contribution < -0.4 is 20.8 Å². The topological polar surface area (TPSA) is 59.5 Å². The van der Waals surface area contributed by atoms with E-state index < -0.39 is 0 Å². The molecule has 4 heterocycles. The third kappa shape index (κ3) is 4.10. The maximum Gasteiger partial charge on any atom is 0.128 e. The normalized spacial score (nSPS) is 15.8. The molecule has 0 spiro atoms. The van der Waals surface area contributed by atoms with Crippen molar-refractivity contribution in [3.05, 3.63) is 83.1 Å². The van der Waals surface area contributed by atoms with Gasteiger partial charge in [-0.25, -0.2) is 4.98 Å². The predicted molar refractivity (Wildman–Crippen MR) is 134 cm³/mol. The summed E-state index contributed by atoms with van der Waals surface area (Å²) in [5.41, 5.74) is 4.87. The Morgan fingerprint density at radius 3 is 2.70 bits per heavy atom. The maximum absolute atomic E-state index is 4.81. The first kappa shape index (κ1) is 20.0. The second kappa shape index (κ2) is 8.71. The summed E-state index contributed by atoms with van der Waals surface area (Å²) in [4.78, 5) is 17.6. The molecule has 2 aromatic heterocycles. The van der Waals surface area contributed by atoms with Crippen molar-refractivity contribution in [3.63, 3.8) is 0 Å². The van der Waals surface area contributed by atoms with Gasteiger partial charge in [-0.3, -0.25) is 4.99 Å². The van der Waals surface area contributed by atoms with E-state index >= 15 is 0 Å². The minimum Gasteiger partial charge on any atom is -0.361 e. The lowest BCUT2D eigenvalue weighted by atomic mass is 10.1. The van der Waals surface area contributed by atoms with Crippen molar-refractivity contribution < 1.29 is 0 Å². The van der Waals surface area contributed by atoms with Gasteiger partial charge in [-0.15, -0.1) is 0 Å². The van der Waals surface area contributed by atoms with E-state index in [9.17, 15) is 0 Å². The zero-order chi connectivity index (χ0) is 22.0. The fourth-order valence-corrected chi connectivity index (χ4v) is 4.76. The maximum atomic E-state index is 4.81. The molecule has 2 aliphatic heterocycles. The minimum absolute atomic E-state index is 0.704. The van der Waals surface area contributed by atoms with E-state index in [0.29, 0.717) is 6.67 Å². The molecule has 1 saturated heterocycles. The van der Waals surface area contributed by atoms with Crippen molar-refractivity contribution in [1.82, 2.24) is 20.2 Å². The molecule has 6 nitrogen and oxygen atoms in total. The Bertz CT molecular complexity index is 1380. The van der Waals surface area contributed by atoms with Crippen molar-refractivity contribution >= 4 is 22.9 Å². The predicted octanol–water partition coefficient (Wildman–Crippen LogP) is 2.51. The number of aromatic amines is 1. The van der Waals surface area contributed by atoms with E-state index in [1.807, 2.05) is 6.20 Å². The molecule has 1 fully saturated rings. The van der Waals surface area contributed by atoms with Crippen LogP contribution in [0, 0.1) is 0 Å². The summed E-state index contributed by atoms with van der Waals surface area (Å²) < 4.78 is 0. The van der Waals surface area contributed by atoms with Gasteiger partial charge >= 0.3 is 0 Å². The first-order valence-corrected chi connectivity index (χ1v) is 11.7. The summed E-state index contributed by atoms with van der Waals surface area (Å²) in [6.07, 6.45) is 7.37. The van der Waals surface area contributed by atoms with Gasteiger partial charge < -0.3 is 20.1 Å². The van der Waals surface area contributed by atoms with Gasteiger partial charge in [0.15, 0.2) is 0 Å². The molecule has 6 heteroatoms. The van der Waals surface area contributed by atoms with Crippen LogP contribution in [0.1, 0.15) is 5.56 Å². The third-order valence-electron chi connectivity index (χ3n) is 6.64. The smallest absolute Gasteiger partial charge is 0.128 e. The van der Waals surface area contributed by atoms with Crippen LogP contribution in [-0.2, 0) is 6.42 Å². The van der Waals surface area contributed by atoms with Crippen LogP contribution >= 0.6 is 0 Å². The van der Waals surface area contributed by atoms with Crippen molar-refractivity contribution in [2.45, 2.75) is 6.42 Å². The number of piperazine rings is 1. The van der Waals surface area contributed by atoms with E-state index in [1.54, 1.807) is 0 Å². The molecule has 2 N–H and O–H groups in total. The molecule has 0 amide bonds. The third-order valence-corrected chi connectivity index (χ3v) is 6.64. The number of anilines is 1. The largest absolute Gasteiger partial charge is 0.361 e. The molecule has 2 aromatic carbocycles. The van der Waals surface area contributed by atoms with Crippen molar-refractivity contribution in [1.29, 1.82) is 0 Å². The molecule has 2 aliphatic rings. The second-order valence-electron chi connectivity index (χ2n) is 8.77. The van der Waals surface area contributed by atoms with Crippen molar-refractivity contribution in [2.75, 3.05) is 44.3 Å². The van der Waals surface area contributed by atoms with E-state index in [1.165, 1.54) is 27.2 Å². The second-order valence-corrected chi connectivity index (χ2v) is 8.77. The monoisotopic (exact) mass is 436 g/mol. The number of pyridine rings is 1. The lowest BCUT2D eigenvalue weighted by Gasteiger charge is -2.28. The molecule has 0 saturated carbocycles. The average molecular weight is 437 g/mol. The Balaban J connectivity index is 1.20. The molecule has 0 atom stereocenters. The van der Waals surface area contributed by atoms with Gasteiger partial charge in [0.2, 0.25) is 0 Å². The summed E-state index contributed by atoms with van der Waals surface area (Å²) >= 11 is 0. The summed E-state index contributed by atoms with van der Waals surface area (Å²) in [5, 5.41) is 6.94. The number of H-pyrrole nitrogens is 1. The van der Waals surface area contributed by atoms with Gasteiger partial charge in [-0.05, 0) is 47.9 Å². The first-order valence-electron chi connectivity index (χ1n) is 11.7. The fraction of sp³-hybridized carbons (Fsp3) is 0.259. The number of rotatable bonds is 5. The van der Waals surface area contributed by atoms with Crippen LogP contribution in [0.4, 0.5) is 5.82 Å². The Morgan fingerprint density at radius 2 is 1.82 bits per heavy atom. The zero-order valence-corrected chi connectivity index (χ0v) is 18.7. The lowest BCUT2D eigenvalue weighted by molar-refractivity contribution is 0.417.